The number of aliphatic carboxylic acids is 2. The number of rotatable bonds is 2. The van der Waals surface area contributed by atoms with Crippen LogP contribution in [-0.4, -0.2) is 11.9 Å². The van der Waals surface area contributed by atoms with E-state index in [1.54, 1.807) is 0 Å². The first-order valence-electron chi connectivity index (χ1n) is 2.21. The van der Waals surface area contributed by atoms with Crippen molar-refractivity contribution in [1.82, 2.24) is 0 Å². The van der Waals surface area contributed by atoms with Gasteiger partial charge in [0.25, 0.3) is 0 Å². The SMILES string of the molecule is C=CC(=O)[O-].C=CC(=O)[O-].[Li+].[Na+]. The van der Waals surface area contributed by atoms with Gasteiger partial charge in [0, 0.05) is 0 Å². The van der Waals surface area contributed by atoms with Crippen LogP contribution in [0.4, 0.5) is 0 Å². The van der Waals surface area contributed by atoms with Gasteiger partial charge in [-0.1, -0.05) is 13.2 Å². The number of carbonyl (C=O) groups excluding carboxylic acids is 2. The molecule has 56 valence electrons. The van der Waals surface area contributed by atoms with Crippen LogP contribution in [0.25, 0.3) is 0 Å². The van der Waals surface area contributed by atoms with E-state index in [1.807, 2.05) is 0 Å². The Kier molecular flexibility index (Phi) is 32.5. The summed E-state index contributed by atoms with van der Waals surface area (Å²) < 4.78 is 0. The minimum atomic E-state index is -1.23. The number of carboxylic acid groups (broad SMARTS) is 2. The zero-order valence-electron chi connectivity index (χ0n) is 7.20. The van der Waals surface area contributed by atoms with E-state index in [0.717, 1.165) is 12.2 Å². The molecule has 0 spiro atoms. The van der Waals surface area contributed by atoms with Gasteiger partial charge in [-0.2, -0.15) is 0 Å². The number of hydrogen-bond donors (Lipinski definition) is 0. The van der Waals surface area contributed by atoms with Crippen LogP contribution >= 0.6 is 0 Å². The predicted octanol–water partition coefficient (Wildman–Crippen LogP) is -8.15. The smallest absolute Gasteiger partial charge is 0.545 e. The zero-order chi connectivity index (χ0) is 8.57. The van der Waals surface area contributed by atoms with Gasteiger partial charge in [-0.3, -0.25) is 0 Å². The van der Waals surface area contributed by atoms with Crippen molar-refractivity contribution in [2.45, 2.75) is 0 Å². The molecule has 0 saturated heterocycles. The summed E-state index contributed by atoms with van der Waals surface area (Å²) in [5.74, 6) is -2.46. The molecule has 0 rings (SSSR count). The third kappa shape index (κ3) is 50.5. The van der Waals surface area contributed by atoms with Gasteiger partial charge in [0.2, 0.25) is 0 Å². The average Bonchev–Trinajstić information content (AvgIpc) is 1.89. The second-order valence-electron chi connectivity index (χ2n) is 1.05. The summed E-state index contributed by atoms with van der Waals surface area (Å²) in [5, 5.41) is 18.3. The zero-order valence-corrected chi connectivity index (χ0v) is 9.20. The molecule has 0 radical (unpaired) electrons. The maximum atomic E-state index is 9.14. The molecule has 0 aliphatic heterocycles. The minimum absolute atomic E-state index is 0. The Hall–Kier alpha value is 0.0174. The predicted molar refractivity (Wildman–Crippen MR) is 30.4 cm³/mol. The summed E-state index contributed by atoms with van der Waals surface area (Å²) >= 11 is 0. The Bertz CT molecular complexity index is 140. The largest absolute Gasteiger partial charge is 1.00 e. The third-order valence-corrected chi connectivity index (χ3v) is 0.333. The summed E-state index contributed by atoms with van der Waals surface area (Å²) in [7, 11) is 0. The van der Waals surface area contributed by atoms with Crippen molar-refractivity contribution in [1.29, 1.82) is 0 Å². The van der Waals surface area contributed by atoms with E-state index < -0.39 is 11.9 Å². The van der Waals surface area contributed by atoms with Crippen molar-refractivity contribution >= 4 is 11.9 Å². The molecule has 0 N–H and O–H groups in total. The molecule has 6 heteroatoms. The Balaban J connectivity index is -0.0000000457. The average molecular weight is 172 g/mol. The monoisotopic (exact) mass is 172 g/mol. The molecule has 0 aliphatic carbocycles. The van der Waals surface area contributed by atoms with Gasteiger partial charge in [0.05, 0.1) is 11.9 Å². The Labute approximate surface area is 105 Å². The number of hydrogen-bond acceptors (Lipinski definition) is 4. The van der Waals surface area contributed by atoms with Crippen molar-refractivity contribution in [3.8, 4) is 0 Å². The van der Waals surface area contributed by atoms with E-state index in [0.29, 0.717) is 0 Å². The van der Waals surface area contributed by atoms with Crippen LogP contribution < -0.4 is 58.6 Å². The van der Waals surface area contributed by atoms with Gasteiger partial charge in [-0.15, -0.1) is 0 Å². The fourth-order valence-corrected chi connectivity index (χ4v) is 0. The molecular formula is C6H6LiNaO4. The normalized spacial score (nSPS) is 5.33. The summed E-state index contributed by atoms with van der Waals surface area (Å²) in [6.07, 6.45) is 1.44. The van der Waals surface area contributed by atoms with E-state index in [1.165, 1.54) is 0 Å². The first-order valence-corrected chi connectivity index (χ1v) is 2.21. The fourth-order valence-electron chi connectivity index (χ4n) is 0. The van der Waals surface area contributed by atoms with Crippen LogP contribution in [0.2, 0.25) is 0 Å². The van der Waals surface area contributed by atoms with Gasteiger partial charge in [0.15, 0.2) is 0 Å². The molecule has 0 fully saturated rings. The van der Waals surface area contributed by atoms with Gasteiger partial charge in [-0.25, -0.2) is 0 Å². The molecule has 0 saturated carbocycles. The molecule has 0 unspecified atom stereocenters. The molecule has 0 atom stereocenters. The van der Waals surface area contributed by atoms with E-state index in [4.69, 9.17) is 19.8 Å². The summed E-state index contributed by atoms with van der Waals surface area (Å²) in [6, 6.07) is 0. The van der Waals surface area contributed by atoms with Gasteiger partial charge in [0.1, 0.15) is 0 Å². The molecule has 0 aromatic rings. The molecule has 12 heavy (non-hydrogen) atoms. The van der Waals surface area contributed by atoms with Crippen molar-refractivity contribution in [3.05, 3.63) is 25.3 Å². The number of carbonyl (C=O) groups is 2. The maximum Gasteiger partial charge on any atom is 1.00 e. The third-order valence-electron chi connectivity index (χ3n) is 0.333. The van der Waals surface area contributed by atoms with Crippen molar-refractivity contribution in [2.24, 2.45) is 0 Å². The van der Waals surface area contributed by atoms with Gasteiger partial charge in [-0.05, 0) is 12.2 Å². The van der Waals surface area contributed by atoms with E-state index >= 15 is 0 Å². The molecule has 0 aliphatic rings. The van der Waals surface area contributed by atoms with Crippen LogP contribution in [0.5, 0.6) is 0 Å². The van der Waals surface area contributed by atoms with Crippen LogP contribution in [0.15, 0.2) is 25.3 Å². The summed E-state index contributed by atoms with van der Waals surface area (Å²) in [5.41, 5.74) is 0. The fraction of sp³-hybridized carbons (Fsp3) is 0. The molecule has 0 aromatic heterocycles. The number of carboxylic acids is 2. The molecule has 0 aromatic carbocycles. The first kappa shape index (κ1) is 22.7. The van der Waals surface area contributed by atoms with E-state index in [-0.39, 0.29) is 48.4 Å². The quantitative estimate of drug-likeness (QED) is 0.306. The Morgan fingerprint density at radius 3 is 1.08 bits per heavy atom. The Morgan fingerprint density at radius 1 is 1.00 bits per heavy atom. The molecule has 0 bridgehead atoms. The molecule has 0 heterocycles. The van der Waals surface area contributed by atoms with Gasteiger partial charge >= 0.3 is 48.4 Å². The Morgan fingerprint density at radius 2 is 1.08 bits per heavy atom. The van der Waals surface area contributed by atoms with Crippen LogP contribution in [0, 0.1) is 0 Å². The minimum Gasteiger partial charge on any atom is -0.545 e. The second-order valence-corrected chi connectivity index (χ2v) is 1.05. The maximum absolute atomic E-state index is 9.14. The van der Waals surface area contributed by atoms with E-state index in [9.17, 15) is 0 Å². The standard InChI is InChI=1S/2C3H4O2.Li.Na/c2*1-2-3(4)5;;/h2*2H,1H2,(H,4,5);;/q;;2*+1/p-2. The topological polar surface area (TPSA) is 80.3 Å². The molecule has 4 nitrogen and oxygen atoms in total. The van der Waals surface area contributed by atoms with Crippen molar-refractivity contribution in [3.63, 3.8) is 0 Å². The van der Waals surface area contributed by atoms with E-state index in [2.05, 4.69) is 13.2 Å². The molecular weight excluding hydrogens is 166 g/mol. The van der Waals surface area contributed by atoms with Crippen molar-refractivity contribution < 1.29 is 68.2 Å². The second kappa shape index (κ2) is 17.2. The van der Waals surface area contributed by atoms with Crippen LogP contribution in [0.3, 0.4) is 0 Å². The van der Waals surface area contributed by atoms with Crippen LogP contribution in [0.1, 0.15) is 0 Å². The summed E-state index contributed by atoms with van der Waals surface area (Å²) in [6.45, 7) is 5.80. The molecule has 0 amide bonds. The van der Waals surface area contributed by atoms with Crippen LogP contribution in [-0.2, 0) is 9.59 Å². The van der Waals surface area contributed by atoms with Gasteiger partial charge < -0.3 is 19.8 Å². The first-order chi connectivity index (χ1) is 4.54. The van der Waals surface area contributed by atoms with Crippen molar-refractivity contribution in [2.75, 3.05) is 0 Å². The summed E-state index contributed by atoms with van der Waals surface area (Å²) in [4.78, 5) is 18.3.